The molecule has 0 atom stereocenters. The third kappa shape index (κ3) is 2.53. The first-order chi connectivity index (χ1) is 8.06. The van der Waals surface area contributed by atoms with E-state index in [1.807, 2.05) is 0 Å². The van der Waals surface area contributed by atoms with Gasteiger partial charge in [-0.25, -0.2) is 4.39 Å². The highest BCUT2D eigenvalue weighted by molar-refractivity contribution is 5.23. The van der Waals surface area contributed by atoms with Crippen molar-refractivity contribution in [3.05, 3.63) is 63.8 Å². The Labute approximate surface area is 97.8 Å². The van der Waals surface area contributed by atoms with Crippen molar-refractivity contribution < 1.29 is 9.50 Å². The molecule has 0 saturated heterocycles. The van der Waals surface area contributed by atoms with E-state index < -0.39 is 0 Å². The Balaban J connectivity index is 2.36. The van der Waals surface area contributed by atoms with E-state index in [9.17, 15) is 14.3 Å². The van der Waals surface area contributed by atoms with Crippen LogP contribution in [-0.4, -0.2) is 9.67 Å². The van der Waals surface area contributed by atoms with E-state index in [1.165, 1.54) is 22.8 Å². The first kappa shape index (κ1) is 11.4. The molecule has 0 aliphatic rings. The molecule has 1 aromatic carbocycles. The molecule has 2 rings (SSSR count). The molecular weight excluding hydrogens is 221 g/mol. The lowest BCUT2D eigenvalue weighted by atomic mass is 10.2. The second-order valence-electron chi connectivity index (χ2n) is 3.91. The van der Waals surface area contributed by atoms with E-state index in [0.717, 1.165) is 11.6 Å². The van der Waals surface area contributed by atoms with E-state index in [0.29, 0.717) is 12.2 Å². The molecule has 0 fully saturated rings. The van der Waals surface area contributed by atoms with Crippen LogP contribution in [0, 0.1) is 12.7 Å². The normalized spacial score (nSPS) is 10.5. The van der Waals surface area contributed by atoms with Crippen LogP contribution in [-0.2, 0) is 6.54 Å². The molecule has 0 saturated carbocycles. The van der Waals surface area contributed by atoms with Gasteiger partial charge in [-0.2, -0.15) is 0 Å². The van der Waals surface area contributed by atoms with Crippen LogP contribution in [0.1, 0.15) is 11.3 Å². The molecule has 0 bridgehead atoms. The zero-order valence-corrected chi connectivity index (χ0v) is 9.35. The summed E-state index contributed by atoms with van der Waals surface area (Å²) in [6.07, 6.45) is 0. The minimum absolute atomic E-state index is 0.0390. The van der Waals surface area contributed by atoms with E-state index in [4.69, 9.17) is 0 Å². The number of rotatable bonds is 2. The molecule has 0 unspecified atom stereocenters. The third-order valence-electron chi connectivity index (χ3n) is 2.57. The topological polar surface area (TPSA) is 42.2 Å². The van der Waals surface area contributed by atoms with Crippen LogP contribution in [0.15, 0.2) is 41.2 Å². The van der Waals surface area contributed by atoms with Gasteiger partial charge in [0.1, 0.15) is 11.6 Å². The molecule has 0 aliphatic carbocycles. The number of pyridine rings is 1. The lowest BCUT2D eigenvalue weighted by Crippen LogP contribution is -2.21. The molecule has 0 aliphatic heterocycles. The lowest BCUT2D eigenvalue weighted by molar-refractivity contribution is 0.470. The van der Waals surface area contributed by atoms with Crippen molar-refractivity contribution in [2.24, 2.45) is 0 Å². The van der Waals surface area contributed by atoms with Crippen molar-refractivity contribution in [3.8, 4) is 5.75 Å². The molecule has 3 nitrogen and oxygen atoms in total. The van der Waals surface area contributed by atoms with E-state index in [1.54, 1.807) is 19.1 Å². The highest BCUT2D eigenvalue weighted by Crippen LogP contribution is 2.10. The summed E-state index contributed by atoms with van der Waals surface area (Å²) in [6, 6.07) is 8.66. The highest BCUT2D eigenvalue weighted by Gasteiger charge is 2.03. The number of hydrogen-bond donors (Lipinski definition) is 1. The zero-order valence-electron chi connectivity index (χ0n) is 9.35. The number of aryl methyl sites for hydroxylation is 1. The third-order valence-corrected chi connectivity index (χ3v) is 2.57. The lowest BCUT2D eigenvalue weighted by Gasteiger charge is -2.10. The molecule has 1 heterocycles. The first-order valence-electron chi connectivity index (χ1n) is 5.21. The molecule has 4 heteroatoms. The van der Waals surface area contributed by atoms with Crippen LogP contribution in [0.5, 0.6) is 5.75 Å². The minimum atomic E-state index is -0.302. The molecule has 1 N–H and O–H groups in total. The van der Waals surface area contributed by atoms with Crippen LogP contribution in [0.25, 0.3) is 0 Å². The van der Waals surface area contributed by atoms with Crippen molar-refractivity contribution in [1.82, 2.24) is 4.57 Å². The average Bonchev–Trinajstić information content (AvgIpc) is 2.26. The Kier molecular flexibility index (Phi) is 2.95. The molecule has 0 radical (unpaired) electrons. The Bertz CT molecular complexity index is 587. The predicted octanol–water partition coefficient (Wildman–Crippen LogP) is 2.05. The predicted molar refractivity (Wildman–Crippen MR) is 62.6 cm³/mol. The smallest absolute Gasteiger partial charge is 0.254 e. The summed E-state index contributed by atoms with van der Waals surface area (Å²) in [5.74, 6) is -0.341. The average molecular weight is 233 g/mol. The van der Waals surface area contributed by atoms with E-state index in [2.05, 4.69) is 0 Å². The van der Waals surface area contributed by atoms with Gasteiger partial charge < -0.3 is 9.67 Å². The maximum absolute atomic E-state index is 12.7. The van der Waals surface area contributed by atoms with Gasteiger partial charge in [0.15, 0.2) is 0 Å². The van der Waals surface area contributed by atoms with Crippen molar-refractivity contribution in [1.29, 1.82) is 0 Å². The fraction of sp³-hybridized carbons (Fsp3) is 0.154. The number of aromatic hydroxyl groups is 1. The minimum Gasteiger partial charge on any atom is -0.508 e. The summed E-state index contributed by atoms with van der Waals surface area (Å²) >= 11 is 0. The summed E-state index contributed by atoms with van der Waals surface area (Å²) in [4.78, 5) is 11.7. The van der Waals surface area contributed by atoms with Gasteiger partial charge in [-0.1, -0.05) is 12.1 Å². The van der Waals surface area contributed by atoms with E-state index >= 15 is 0 Å². The maximum Gasteiger partial charge on any atom is 0.254 e. The van der Waals surface area contributed by atoms with Gasteiger partial charge in [0.05, 0.1) is 6.54 Å². The molecule has 0 amide bonds. The Hall–Kier alpha value is -2.10. The first-order valence-corrected chi connectivity index (χ1v) is 5.21. The van der Waals surface area contributed by atoms with Gasteiger partial charge in [-0.05, 0) is 30.7 Å². The van der Waals surface area contributed by atoms with Gasteiger partial charge in [-0.15, -0.1) is 0 Å². The summed E-state index contributed by atoms with van der Waals surface area (Å²) < 4.78 is 14.3. The summed E-state index contributed by atoms with van der Waals surface area (Å²) in [5, 5.41) is 9.26. The summed E-state index contributed by atoms with van der Waals surface area (Å²) in [7, 11) is 0. The largest absolute Gasteiger partial charge is 0.508 e. The maximum atomic E-state index is 12.7. The van der Waals surface area contributed by atoms with Gasteiger partial charge >= 0.3 is 0 Å². The van der Waals surface area contributed by atoms with Gasteiger partial charge in [0, 0.05) is 11.8 Å². The zero-order chi connectivity index (χ0) is 12.4. The second kappa shape index (κ2) is 4.41. The quantitative estimate of drug-likeness (QED) is 0.862. The number of hydrogen-bond acceptors (Lipinski definition) is 2. The van der Waals surface area contributed by atoms with Gasteiger partial charge in [-0.3, -0.25) is 4.79 Å². The van der Waals surface area contributed by atoms with Crippen molar-refractivity contribution in [2.45, 2.75) is 13.5 Å². The Morgan fingerprint density at radius 1 is 1.24 bits per heavy atom. The molecule has 2 aromatic rings. The molecular formula is C13H12FNO2. The fourth-order valence-corrected chi connectivity index (χ4v) is 1.69. The van der Waals surface area contributed by atoms with E-state index in [-0.39, 0.29) is 17.1 Å². The van der Waals surface area contributed by atoms with Crippen LogP contribution < -0.4 is 5.56 Å². The number of halogens is 1. The van der Waals surface area contributed by atoms with Crippen LogP contribution >= 0.6 is 0 Å². The Morgan fingerprint density at radius 3 is 2.47 bits per heavy atom. The number of aromatic nitrogens is 1. The highest BCUT2D eigenvalue weighted by atomic mass is 19.1. The second-order valence-corrected chi connectivity index (χ2v) is 3.91. The van der Waals surface area contributed by atoms with Crippen molar-refractivity contribution >= 4 is 0 Å². The Morgan fingerprint density at radius 2 is 1.88 bits per heavy atom. The van der Waals surface area contributed by atoms with Crippen LogP contribution in [0.4, 0.5) is 4.39 Å². The summed E-state index contributed by atoms with van der Waals surface area (Å²) in [6.45, 7) is 2.11. The molecule has 0 spiro atoms. The fourth-order valence-electron chi connectivity index (χ4n) is 1.69. The summed E-state index contributed by atoms with van der Waals surface area (Å²) in [5.41, 5.74) is 1.23. The van der Waals surface area contributed by atoms with Gasteiger partial charge in [0.2, 0.25) is 0 Å². The molecule has 17 heavy (non-hydrogen) atoms. The van der Waals surface area contributed by atoms with Crippen molar-refractivity contribution in [3.63, 3.8) is 0 Å². The monoisotopic (exact) mass is 233 g/mol. The van der Waals surface area contributed by atoms with Gasteiger partial charge in [0.25, 0.3) is 5.56 Å². The van der Waals surface area contributed by atoms with Crippen LogP contribution in [0.3, 0.4) is 0 Å². The number of nitrogens with zero attached hydrogens (tertiary/aromatic N) is 1. The molecule has 1 aromatic heterocycles. The number of benzene rings is 1. The molecule has 88 valence electrons. The standard InChI is InChI=1S/C13H12FNO2/c1-9-6-12(16)7-13(17)15(9)8-10-2-4-11(14)5-3-10/h2-7,16H,8H2,1H3. The van der Waals surface area contributed by atoms with Crippen molar-refractivity contribution in [2.75, 3.05) is 0 Å². The SMILES string of the molecule is Cc1cc(O)cc(=O)n1Cc1ccc(F)cc1. The van der Waals surface area contributed by atoms with Crippen LogP contribution in [0.2, 0.25) is 0 Å².